The summed E-state index contributed by atoms with van der Waals surface area (Å²) in [6.07, 6.45) is 5.46. The number of pyridine rings is 1. The topological polar surface area (TPSA) is 64.9 Å². The van der Waals surface area contributed by atoms with Crippen LogP contribution in [-0.2, 0) is 6.42 Å². The number of aromatic nitrogens is 2. The Kier molecular flexibility index (Phi) is 3.42. The fourth-order valence-corrected chi connectivity index (χ4v) is 1.75. The van der Waals surface area contributed by atoms with E-state index >= 15 is 0 Å². The van der Waals surface area contributed by atoms with Crippen molar-refractivity contribution < 1.29 is 4.52 Å². The van der Waals surface area contributed by atoms with E-state index in [4.69, 9.17) is 10.3 Å². The third-order valence-corrected chi connectivity index (χ3v) is 2.70. The molecular formula is C13H17N3O. The van der Waals surface area contributed by atoms with Crippen LogP contribution in [0.5, 0.6) is 0 Å². The van der Waals surface area contributed by atoms with Crippen LogP contribution in [0.1, 0.15) is 26.0 Å². The average molecular weight is 231 g/mol. The van der Waals surface area contributed by atoms with Gasteiger partial charge in [-0.25, -0.2) is 0 Å². The van der Waals surface area contributed by atoms with Crippen LogP contribution >= 0.6 is 0 Å². The van der Waals surface area contributed by atoms with Crippen LogP contribution in [0.25, 0.3) is 11.1 Å². The molecule has 0 aromatic carbocycles. The molecular weight excluding hydrogens is 214 g/mol. The molecule has 2 aromatic heterocycles. The molecule has 0 atom stereocenters. The maximum atomic E-state index is 5.82. The van der Waals surface area contributed by atoms with Gasteiger partial charge in [0.05, 0.1) is 11.3 Å². The van der Waals surface area contributed by atoms with E-state index in [0.717, 1.165) is 29.7 Å². The number of nitrogen functional groups attached to an aromatic ring is 1. The van der Waals surface area contributed by atoms with Crippen molar-refractivity contribution >= 4 is 5.88 Å². The normalized spacial score (nSPS) is 11.0. The molecule has 2 heterocycles. The molecule has 4 heteroatoms. The molecule has 2 aromatic rings. The average Bonchev–Trinajstić information content (AvgIpc) is 2.69. The molecule has 4 nitrogen and oxygen atoms in total. The maximum Gasteiger partial charge on any atom is 0.230 e. The number of anilines is 1. The summed E-state index contributed by atoms with van der Waals surface area (Å²) >= 11 is 0. The van der Waals surface area contributed by atoms with Gasteiger partial charge in [0, 0.05) is 18.0 Å². The quantitative estimate of drug-likeness (QED) is 0.878. The first kappa shape index (κ1) is 11.6. The Balaban J connectivity index is 2.30. The lowest BCUT2D eigenvalue weighted by Crippen LogP contribution is -1.95. The second-order valence-electron chi connectivity index (χ2n) is 4.54. The van der Waals surface area contributed by atoms with Crippen LogP contribution in [0.15, 0.2) is 29.0 Å². The van der Waals surface area contributed by atoms with Gasteiger partial charge < -0.3 is 10.3 Å². The molecule has 0 saturated carbocycles. The Hall–Kier alpha value is -1.84. The van der Waals surface area contributed by atoms with E-state index in [2.05, 4.69) is 24.0 Å². The molecule has 2 N–H and O–H groups in total. The second-order valence-corrected chi connectivity index (χ2v) is 4.54. The van der Waals surface area contributed by atoms with Crippen molar-refractivity contribution in [1.82, 2.24) is 10.1 Å². The third kappa shape index (κ3) is 2.64. The summed E-state index contributed by atoms with van der Waals surface area (Å²) in [6.45, 7) is 4.38. The van der Waals surface area contributed by atoms with Gasteiger partial charge in [-0.15, -0.1) is 0 Å². The molecule has 0 aliphatic heterocycles. The molecule has 0 spiro atoms. The largest absolute Gasteiger partial charge is 0.367 e. The van der Waals surface area contributed by atoms with Crippen molar-refractivity contribution in [3.8, 4) is 11.1 Å². The zero-order valence-corrected chi connectivity index (χ0v) is 10.2. The lowest BCUT2D eigenvalue weighted by Gasteiger charge is -2.04. The Morgan fingerprint density at radius 3 is 2.88 bits per heavy atom. The minimum Gasteiger partial charge on any atom is -0.367 e. The van der Waals surface area contributed by atoms with E-state index in [1.807, 2.05) is 12.1 Å². The number of hydrogen-bond donors (Lipinski definition) is 1. The minimum atomic E-state index is 0.372. The van der Waals surface area contributed by atoms with Gasteiger partial charge in [-0.1, -0.05) is 25.1 Å². The highest BCUT2D eigenvalue weighted by atomic mass is 16.5. The summed E-state index contributed by atoms with van der Waals surface area (Å²) in [5, 5.41) is 4.04. The molecule has 0 saturated heterocycles. The second kappa shape index (κ2) is 4.99. The summed E-state index contributed by atoms with van der Waals surface area (Å²) in [5.41, 5.74) is 8.59. The van der Waals surface area contributed by atoms with Crippen molar-refractivity contribution in [2.75, 3.05) is 5.73 Å². The van der Waals surface area contributed by atoms with Crippen LogP contribution in [-0.4, -0.2) is 10.1 Å². The minimum absolute atomic E-state index is 0.372. The van der Waals surface area contributed by atoms with Crippen LogP contribution in [0.3, 0.4) is 0 Å². The highest BCUT2D eigenvalue weighted by Crippen LogP contribution is 2.30. The predicted octanol–water partition coefficient (Wildman–Crippen LogP) is 2.91. The van der Waals surface area contributed by atoms with E-state index < -0.39 is 0 Å². The summed E-state index contributed by atoms with van der Waals surface area (Å²) < 4.78 is 5.08. The lowest BCUT2D eigenvalue weighted by atomic mass is 10.0. The van der Waals surface area contributed by atoms with Crippen molar-refractivity contribution in [1.29, 1.82) is 0 Å². The van der Waals surface area contributed by atoms with E-state index in [1.54, 1.807) is 12.4 Å². The monoisotopic (exact) mass is 231 g/mol. The van der Waals surface area contributed by atoms with Crippen molar-refractivity contribution in [2.24, 2.45) is 5.92 Å². The van der Waals surface area contributed by atoms with E-state index in [9.17, 15) is 0 Å². The molecule has 0 bridgehead atoms. The number of aryl methyl sites for hydroxylation is 1. The van der Waals surface area contributed by atoms with Crippen LogP contribution in [0.4, 0.5) is 5.88 Å². The summed E-state index contributed by atoms with van der Waals surface area (Å²) in [7, 11) is 0. The summed E-state index contributed by atoms with van der Waals surface area (Å²) in [6, 6.07) is 3.85. The zero-order chi connectivity index (χ0) is 12.3. The van der Waals surface area contributed by atoms with Crippen LogP contribution in [0, 0.1) is 5.92 Å². The number of rotatable bonds is 4. The lowest BCUT2D eigenvalue weighted by molar-refractivity contribution is 0.423. The van der Waals surface area contributed by atoms with Gasteiger partial charge in [-0.05, 0) is 24.8 Å². The summed E-state index contributed by atoms with van der Waals surface area (Å²) in [4.78, 5) is 4.09. The molecule has 0 aliphatic carbocycles. The Morgan fingerprint density at radius 1 is 1.41 bits per heavy atom. The first-order valence-electron chi connectivity index (χ1n) is 5.83. The molecule has 90 valence electrons. The molecule has 2 rings (SSSR count). The summed E-state index contributed by atoms with van der Waals surface area (Å²) in [5.74, 6) is 1.01. The molecule has 0 aliphatic rings. The molecule has 0 unspecified atom stereocenters. The molecule has 17 heavy (non-hydrogen) atoms. The van der Waals surface area contributed by atoms with Crippen molar-refractivity contribution in [3.63, 3.8) is 0 Å². The first-order chi connectivity index (χ1) is 8.18. The molecule has 0 fully saturated rings. The van der Waals surface area contributed by atoms with Crippen LogP contribution < -0.4 is 5.73 Å². The fraction of sp³-hybridized carbons (Fsp3) is 0.385. The zero-order valence-electron chi connectivity index (χ0n) is 10.2. The Bertz CT molecular complexity index is 477. The highest BCUT2D eigenvalue weighted by molar-refractivity contribution is 5.74. The van der Waals surface area contributed by atoms with Crippen molar-refractivity contribution in [2.45, 2.75) is 26.7 Å². The third-order valence-electron chi connectivity index (χ3n) is 2.70. The van der Waals surface area contributed by atoms with Gasteiger partial charge in [0.15, 0.2) is 0 Å². The van der Waals surface area contributed by atoms with Gasteiger partial charge in [-0.3, -0.25) is 4.98 Å². The molecule has 0 amide bonds. The van der Waals surface area contributed by atoms with Gasteiger partial charge >= 0.3 is 0 Å². The van der Waals surface area contributed by atoms with Gasteiger partial charge in [0.25, 0.3) is 0 Å². The Morgan fingerprint density at radius 2 is 2.24 bits per heavy atom. The van der Waals surface area contributed by atoms with E-state index in [-0.39, 0.29) is 0 Å². The van der Waals surface area contributed by atoms with Gasteiger partial charge in [0.1, 0.15) is 0 Å². The fourth-order valence-electron chi connectivity index (χ4n) is 1.75. The van der Waals surface area contributed by atoms with E-state index in [0.29, 0.717) is 11.8 Å². The maximum absolute atomic E-state index is 5.82. The Labute approximate surface area is 101 Å². The number of nitrogens with zero attached hydrogens (tertiary/aromatic N) is 2. The standard InChI is InChI=1S/C13H17N3O/c1-9(2)5-6-11-12(13(14)17-16-11)10-4-3-7-15-8-10/h3-4,7-9H,5-6,14H2,1-2H3. The van der Waals surface area contributed by atoms with E-state index in [1.165, 1.54) is 0 Å². The van der Waals surface area contributed by atoms with Crippen molar-refractivity contribution in [3.05, 3.63) is 30.2 Å². The van der Waals surface area contributed by atoms with Gasteiger partial charge in [-0.2, -0.15) is 0 Å². The SMILES string of the molecule is CC(C)CCc1noc(N)c1-c1cccnc1. The van der Waals surface area contributed by atoms with Crippen LogP contribution in [0.2, 0.25) is 0 Å². The molecule has 0 radical (unpaired) electrons. The number of hydrogen-bond acceptors (Lipinski definition) is 4. The predicted molar refractivity (Wildman–Crippen MR) is 67.3 cm³/mol. The highest BCUT2D eigenvalue weighted by Gasteiger charge is 2.15. The first-order valence-corrected chi connectivity index (χ1v) is 5.83. The van der Waals surface area contributed by atoms with Gasteiger partial charge in [0.2, 0.25) is 5.88 Å². The smallest absolute Gasteiger partial charge is 0.230 e. The number of nitrogens with two attached hydrogens (primary N) is 1.